The molecule has 8 heteroatoms. The highest BCUT2D eigenvalue weighted by molar-refractivity contribution is 7.92. The van der Waals surface area contributed by atoms with Crippen LogP contribution in [0.2, 0.25) is 5.02 Å². The van der Waals surface area contributed by atoms with E-state index in [9.17, 15) is 13.2 Å². The molecule has 27 heavy (non-hydrogen) atoms. The van der Waals surface area contributed by atoms with Crippen molar-refractivity contribution >= 4 is 38.9 Å². The third kappa shape index (κ3) is 4.93. The van der Waals surface area contributed by atoms with Gasteiger partial charge in [-0.05, 0) is 50.6 Å². The van der Waals surface area contributed by atoms with E-state index in [4.69, 9.17) is 16.3 Å². The number of anilines is 2. The van der Waals surface area contributed by atoms with Crippen LogP contribution in [0.3, 0.4) is 0 Å². The number of aryl methyl sites for hydroxylation is 2. The number of nitrogens with one attached hydrogen (secondary N) is 1. The van der Waals surface area contributed by atoms with E-state index in [2.05, 4.69) is 5.32 Å². The molecular formula is C19H23ClN2O4S. The van der Waals surface area contributed by atoms with E-state index < -0.39 is 22.0 Å². The first-order chi connectivity index (χ1) is 12.5. The lowest BCUT2D eigenvalue weighted by atomic mass is 10.1. The van der Waals surface area contributed by atoms with Crippen molar-refractivity contribution in [3.05, 3.63) is 52.5 Å². The fraction of sp³-hybridized carbons (Fsp3) is 0.316. The SMILES string of the molecule is COc1ccc(Cl)cc1N([C@@H](C)C(=O)Nc1ccc(C)cc1C)S(C)(=O)=O. The number of carbonyl (C=O) groups excluding carboxylic acids is 1. The number of sulfonamides is 1. The van der Waals surface area contributed by atoms with Crippen LogP contribution < -0.4 is 14.4 Å². The average Bonchev–Trinajstić information content (AvgIpc) is 2.56. The number of methoxy groups -OCH3 is 1. The second kappa shape index (κ2) is 8.19. The topological polar surface area (TPSA) is 75.7 Å². The number of carbonyl (C=O) groups is 1. The quantitative estimate of drug-likeness (QED) is 0.786. The first kappa shape index (κ1) is 21.1. The molecule has 1 atom stereocenters. The summed E-state index contributed by atoms with van der Waals surface area (Å²) in [6.07, 6.45) is 1.04. The molecule has 0 aliphatic carbocycles. The molecule has 0 bridgehead atoms. The summed E-state index contributed by atoms with van der Waals surface area (Å²) in [5.74, 6) is -0.162. The van der Waals surface area contributed by atoms with E-state index in [1.54, 1.807) is 18.2 Å². The zero-order chi connectivity index (χ0) is 20.4. The van der Waals surface area contributed by atoms with E-state index in [1.165, 1.54) is 20.1 Å². The maximum atomic E-state index is 12.8. The van der Waals surface area contributed by atoms with Gasteiger partial charge in [-0.3, -0.25) is 9.10 Å². The Labute approximate surface area is 165 Å². The Morgan fingerprint density at radius 3 is 2.41 bits per heavy atom. The Kier molecular flexibility index (Phi) is 6.38. The van der Waals surface area contributed by atoms with Crippen molar-refractivity contribution in [2.24, 2.45) is 0 Å². The fourth-order valence-electron chi connectivity index (χ4n) is 2.81. The predicted molar refractivity (Wildman–Crippen MR) is 109 cm³/mol. The third-order valence-electron chi connectivity index (χ3n) is 4.11. The molecule has 2 aromatic carbocycles. The van der Waals surface area contributed by atoms with Crippen LogP contribution in [-0.4, -0.2) is 33.7 Å². The first-order valence-corrected chi connectivity index (χ1v) is 10.5. The molecule has 0 aliphatic heterocycles. The normalized spacial score (nSPS) is 12.4. The summed E-state index contributed by atoms with van der Waals surface area (Å²) >= 11 is 6.04. The molecule has 0 aromatic heterocycles. The van der Waals surface area contributed by atoms with Crippen LogP contribution >= 0.6 is 11.6 Å². The monoisotopic (exact) mass is 410 g/mol. The Morgan fingerprint density at radius 1 is 1.19 bits per heavy atom. The smallest absolute Gasteiger partial charge is 0.248 e. The fourth-order valence-corrected chi connectivity index (χ4v) is 4.14. The summed E-state index contributed by atoms with van der Waals surface area (Å²) in [4.78, 5) is 12.8. The standard InChI is InChI=1S/C19H23ClN2O4S/c1-12-6-8-16(13(2)10-12)21-19(23)14(3)22(27(5,24)25)17-11-15(20)7-9-18(17)26-4/h6-11,14H,1-5H3,(H,21,23)/t14-/m0/s1. The number of amides is 1. The minimum atomic E-state index is -3.79. The van der Waals surface area contributed by atoms with Gasteiger partial charge in [0.1, 0.15) is 11.8 Å². The molecule has 2 aromatic rings. The van der Waals surface area contributed by atoms with Gasteiger partial charge in [-0.25, -0.2) is 8.42 Å². The maximum absolute atomic E-state index is 12.8. The molecule has 146 valence electrons. The second-order valence-corrected chi connectivity index (χ2v) is 8.65. The summed E-state index contributed by atoms with van der Waals surface area (Å²) in [7, 11) is -2.36. The van der Waals surface area contributed by atoms with Gasteiger partial charge in [0.15, 0.2) is 0 Å². The Morgan fingerprint density at radius 2 is 1.85 bits per heavy atom. The Balaban J connectivity index is 2.42. The number of rotatable bonds is 6. The number of halogens is 1. The summed E-state index contributed by atoms with van der Waals surface area (Å²) in [6, 6.07) is 9.20. The average molecular weight is 411 g/mol. The van der Waals surface area contributed by atoms with Crippen LogP contribution in [0.1, 0.15) is 18.1 Å². The number of hydrogen-bond donors (Lipinski definition) is 1. The largest absolute Gasteiger partial charge is 0.495 e. The molecule has 0 unspecified atom stereocenters. The first-order valence-electron chi connectivity index (χ1n) is 8.25. The minimum Gasteiger partial charge on any atom is -0.495 e. The number of benzene rings is 2. The van der Waals surface area contributed by atoms with Gasteiger partial charge in [0, 0.05) is 10.7 Å². The molecule has 0 radical (unpaired) electrons. The molecule has 0 spiro atoms. The van der Waals surface area contributed by atoms with E-state index in [0.717, 1.165) is 21.7 Å². The van der Waals surface area contributed by atoms with Crippen molar-refractivity contribution < 1.29 is 17.9 Å². The van der Waals surface area contributed by atoms with Gasteiger partial charge in [0.25, 0.3) is 0 Å². The minimum absolute atomic E-state index is 0.204. The number of nitrogens with zero attached hydrogens (tertiary/aromatic N) is 1. The summed E-state index contributed by atoms with van der Waals surface area (Å²) < 4.78 is 31.2. The Bertz CT molecular complexity index is 960. The zero-order valence-electron chi connectivity index (χ0n) is 15.9. The molecule has 0 saturated carbocycles. The van der Waals surface area contributed by atoms with Crippen LogP contribution in [0.25, 0.3) is 0 Å². The lowest BCUT2D eigenvalue weighted by molar-refractivity contribution is -0.116. The number of ether oxygens (including phenoxy) is 1. The van der Waals surface area contributed by atoms with E-state index in [0.29, 0.717) is 16.5 Å². The summed E-state index contributed by atoms with van der Waals surface area (Å²) in [5.41, 5.74) is 2.79. The van der Waals surface area contributed by atoms with Gasteiger partial charge in [-0.15, -0.1) is 0 Å². The van der Waals surface area contributed by atoms with Gasteiger partial charge in [-0.1, -0.05) is 29.3 Å². The van der Waals surface area contributed by atoms with Crippen molar-refractivity contribution in [2.75, 3.05) is 23.0 Å². The van der Waals surface area contributed by atoms with Gasteiger partial charge in [-0.2, -0.15) is 0 Å². The molecule has 0 fully saturated rings. The molecule has 2 rings (SSSR count). The number of hydrogen-bond acceptors (Lipinski definition) is 4. The second-order valence-electron chi connectivity index (χ2n) is 6.36. The predicted octanol–water partition coefficient (Wildman–Crippen LogP) is 3.76. The van der Waals surface area contributed by atoms with Crippen molar-refractivity contribution in [1.82, 2.24) is 0 Å². The molecule has 0 heterocycles. The van der Waals surface area contributed by atoms with Crippen LogP contribution in [0.15, 0.2) is 36.4 Å². The van der Waals surface area contributed by atoms with Crippen LogP contribution in [0.4, 0.5) is 11.4 Å². The van der Waals surface area contributed by atoms with E-state index >= 15 is 0 Å². The van der Waals surface area contributed by atoms with Crippen molar-refractivity contribution in [1.29, 1.82) is 0 Å². The van der Waals surface area contributed by atoms with Gasteiger partial charge < -0.3 is 10.1 Å². The lowest BCUT2D eigenvalue weighted by Gasteiger charge is -2.29. The molecular weight excluding hydrogens is 388 g/mol. The highest BCUT2D eigenvalue weighted by Gasteiger charge is 2.31. The van der Waals surface area contributed by atoms with Crippen molar-refractivity contribution in [3.63, 3.8) is 0 Å². The summed E-state index contributed by atoms with van der Waals surface area (Å²) in [6.45, 7) is 5.35. The zero-order valence-corrected chi connectivity index (χ0v) is 17.5. The van der Waals surface area contributed by atoms with Gasteiger partial charge in [0.2, 0.25) is 15.9 Å². The van der Waals surface area contributed by atoms with Crippen LogP contribution in [-0.2, 0) is 14.8 Å². The molecule has 0 saturated heterocycles. The van der Waals surface area contributed by atoms with E-state index in [1.807, 2.05) is 26.0 Å². The highest BCUT2D eigenvalue weighted by atomic mass is 35.5. The maximum Gasteiger partial charge on any atom is 0.248 e. The van der Waals surface area contributed by atoms with Crippen molar-refractivity contribution in [3.8, 4) is 5.75 Å². The van der Waals surface area contributed by atoms with Crippen molar-refractivity contribution in [2.45, 2.75) is 26.8 Å². The third-order valence-corrected chi connectivity index (χ3v) is 5.57. The molecule has 1 N–H and O–H groups in total. The van der Waals surface area contributed by atoms with Crippen LogP contribution in [0, 0.1) is 13.8 Å². The Hall–Kier alpha value is -2.25. The van der Waals surface area contributed by atoms with E-state index in [-0.39, 0.29) is 5.69 Å². The van der Waals surface area contributed by atoms with Gasteiger partial charge >= 0.3 is 0 Å². The van der Waals surface area contributed by atoms with Crippen LogP contribution in [0.5, 0.6) is 5.75 Å². The molecule has 0 aliphatic rings. The summed E-state index contributed by atoms with van der Waals surface area (Å²) in [5, 5.41) is 3.13. The lowest BCUT2D eigenvalue weighted by Crippen LogP contribution is -2.45. The molecule has 6 nitrogen and oxygen atoms in total. The molecule has 1 amide bonds. The van der Waals surface area contributed by atoms with Gasteiger partial charge in [0.05, 0.1) is 19.1 Å². The highest BCUT2D eigenvalue weighted by Crippen LogP contribution is 2.34.